The lowest BCUT2D eigenvalue weighted by Gasteiger charge is -2.04. The number of aliphatic imine (C=N–C) groups is 1. The van der Waals surface area contributed by atoms with Crippen LogP contribution in [0, 0.1) is 11.6 Å². The highest BCUT2D eigenvalue weighted by atomic mass is 19.2. The van der Waals surface area contributed by atoms with Crippen molar-refractivity contribution in [3.05, 3.63) is 29.3 Å². The minimum absolute atomic E-state index is 0.185. The third kappa shape index (κ3) is 1.93. The topological polar surface area (TPSA) is 41.5 Å². The van der Waals surface area contributed by atoms with Gasteiger partial charge in [-0.15, -0.1) is 0 Å². The number of aldehydes is 1. The van der Waals surface area contributed by atoms with Crippen molar-refractivity contribution in [1.82, 2.24) is 0 Å². The SMILES string of the molecule is CN=CNc1ccc(F)c(F)c1C=O. The van der Waals surface area contributed by atoms with Gasteiger partial charge in [-0.3, -0.25) is 9.79 Å². The molecule has 1 rings (SSSR count). The average Bonchev–Trinajstić information content (AvgIpc) is 2.20. The Bertz CT molecular complexity index is 377. The fraction of sp³-hybridized carbons (Fsp3) is 0.111. The molecule has 1 N–H and O–H groups in total. The summed E-state index contributed by atoms with van der Waals surface area (Å²) in [5, 5.41) is 2.55. The smallest absolute Gasteiger partial charge is 0.171 e. The van der Waals surface area contributed by atoms with Gasteiger partial charge in [-0.1, -0.05) is 0 Å². The Morgan fingerprint density at radius 3 is 2.71 bits per heavy atom. The third-order valence-corrected chi connectivity index (χ3v) is 1.60. The zero-order chi connectivity index (χ0) is 10.6. The number of hydrogen-bond donors (Lipinski definition) is 1. The largest absolute Gasteiger partial charge is 0.346 e. The van der Waals surface area contributed by atoms with Crippen molar-refractivity contribution < 1.29 is 13.6 Å². The van der Waals surface area contributed by atoms with Crippen LogP contribution in [0.1, 0.15) is 10.4 Å². The van der Waals surface area contributed by atoms with E-state index in [2.05, 4.69) is 10.3 Å². The van der Waals surface area contributed by atoms with Gasteiger partial charge in [0.2, 0.25) is 0 Å². The molecule has 0 aromatic heterocycles. The lowest BCUT2D eigenvalue weighted by Crippen LogP contribution is -2.02. The van der Waals surface area contributed by atoms with Crippen LogP contribution in [0.3, 0.4) is 0 Å². The highest BCUT2D eigenvalue weighted by Gasteiger charge is 2.11. The molecule has 5 heteroatoms. The van der Waals surface area contributed by atoms with Gasteiger partial charge in [-0.05, 0) is 12.1 Å². The summed E-state index contributed by atoms with van der Waals surface area (Å²) in [6.45, 7) is 0. The molecule has 0 unspecified atom stereocenters. The average molecular weight is 198 g/mol. The Kier molecular flexibility index (Phi) is 3.28. The molecule has 0 fully saturated rings. The lowest BCUT2D eigenvalue weighted by atomic mass is 10.2. The van der Waals surface area contributed by atoms with E-state index < -0.39 is 11.6 Å². The fourth-order valence-corrected chi connectivity index (χ4v) is 0.941. The number of halogens is 2. The van der Waals surface area contributed by atoms with Crippen molar-refractivity contribution in [2.45, 2.75) is 0 Å². The van der Waals surface area contributed by atoms with Crippen molar-refractivity contribution in [1.29, 1.82) is 0 Å². The van der Waals surface area contributed by atoms with E-state index in [1.807, 2.05) is 0 Å². The molecule has 14 heavy (non-hydrogen) atoms. The molecule has 0 heterocycles. The molecule has 0 atom stereocenters. The zero-order valence-electron chi connectivity index (χ0n) is 7.42. The molecular formula is C9H8F2N2O. The van der Waals surface area contributed by atoms with Gasteiger partial charge < -0.3 is 5.32 Å². The Hall–Kier alpha value is -1.78. The van der Waals surface area contributed by atoms with E-state index in [0.717, 1.165) is 6.07 Å². The molecule has 0 spiro atoms. The number of nitrogens with one attached hydrogen (secondary N) is 1. The number of nitrogens with zero attached hydrogens (tertiary/aromatic N) is 1. The van der Waals surface area contributed by atoms with Crippen LogP contribution in [0.15, 0.2) is 17.1 Å². The Morgan fingerprint density at radius 2 is 2.14 bits per heavy atom. The van der Waals surface area contributed by atoms with Crippen molar-refractivity contribution in [3.8, 4) is 0 Å². The minimum Gasteiger partial charge on any atom is -0.346 e. The fourth-order valence-electron chi connectivity index (χ4n) is 0.941. The molecule has 0 bridgehead atoms. The van der Waals surface area contributed by atoms with Gasteiger partial charge in [0, 0.05) is 7.05 Å². The van der Waals surface area contributed by atoms with Crippen LogP contribution in [-0.2, 0) is 0 Å². The molecule has 0 amide bonds. The third-order valence-electron chi connectivity index (χ3n) is 1.60. The summed E-state index contributed by atoms with van der Waals surface area (Å²) in [7, 11) is 1.51. The molecule has 0 aliphatic heterocycles. The Morgan fingerprint density at radius 1 is 1.43 bits per heavy atom. The first kappa shape index (κ1) is 10.3. The monoisotopic (exact) mass is 198 g/mol. The number of rotatable bonds is 3. The molecule has 0 radical (unpaired) electrons. The second-order valence-electron chi connectivity index (χ2n) is 2.47. The van der Waals surface area contributed by atoms with Gasteiger partial charge >= 0.3 is 0 Å². The van der Waals surface area contributed by atoms with Crippen LogP contribution >= 0.6 is 0 Å². The maximum Gasteiger partial charge on any atom is 0.171 e. The normalized spacial score (nSPS) is 10.5. The van der Waals surface area contributed by atoms with Crippen molar-refractivity contribution in [2.75, 3.05) is 12.4 Å². The molecule has 3 nitrogen and oxygen atoms in total. The lowest BCUT2D eigenvalue weighted by molar-refractivity contribution is 0.111. The van der Waals surface area contributed by atoms with E-state index in [-0.39, 0.29) is 17.5 Å². The van der Waals surface area contributed by atoms with Gasteiger partial charge in [-0.2, -0.15) is 0 Å². The van der Waals surface area contributed by atoms with E-state index in [0.29, 0.717) is 0 Å². The Balaban J connectivity index is 3.16. The quantitative estimate of drug-likeness (QED) is 0.457. The van der Waals surface area contributed by atoms with Crippen LogP contribution in [0.5, 0.6) is 0 Å². The van der Waals surface area contributed by atoms with Crippen LogP contribution in [-0.4, -0.2) is 19.7 Å². The standard InChI is InChI=1S/C9H8F2N2O/c1-12-5-13-8-3-2-7(10)9(11)6(8)4-14/h2-5H,1H3,(H,12,13). The highest BCUT2D eigenvalue weighted by Crippen LogP contribution is 2.18. The molecule has 1 aromatic carbocycles. The summed E-state index contributed by atoms with van der Waals surface area (Å²) in [6, 6.07) is 2.21. The summed E-state index contributed by atoms with van der Waals surface area (Å²) >= 11 is 0. The maximum absolute atomic E-state index is 13.0. The predicted molar refractivity (Wildman–Crippen MR) is 49.8 cm³/mol. The van der Waals surface area contributed by atoms with E-state index in [1.165, 1.54) is 19.5 Å². The van der Waals surface area contributed by atoms with Crippen molar-refractivity contribution >= 4 is 18.3 Å². The van der Waals surface area contributed by atoms with Crippen LogP contribution in [0.4, 0.5) is 14.5 Å². The number of benzene rings is 1. The van der Waals surface area contributed by atoms with Gasteiger partial charge in [0.15, 0.2) is 17.9 Å². The number of carbonyl (C=O) groups excluding carboxylic acids is 1. The maximum atomic E-state index is 13.0. The van der Waals surface area contributed by atoms with Gasteiger partial charge in [0.05, 0.1) is 17.6 Å². The summed E-state index contributed by atoms with van der Waals surface area (Å²) < 4.78 is 25.7. The molecule has 0 saturated carbocycles. The number of carbonyl (C=O) groups is 1. The van der Waals surface area contributed by atoms with E-state index in [4.69, 9.17) is 0 Å². The van der Waals surface area contributed by atoms with E-state index in [9.17, 15) is 13.6 Å². The van der Waals surface area contributed by atoms with Crippen LogP contribution < -0.4 is 5.32 Å². The summed E-state index contributed by atoms with van der Waals surface area (Å²) in [6.07, 6.45) is 1.53. The van der Waals surface area contributed by atoms with Gasteiger partial charge in [0.25, 0.3) is 0 Å². The second-order valence-corrected chi connectivity index (χ2v) is 2.47. The zero-order valence-corrected chi connectivity index (χ0v) is 7.42. The number of anilines is 1. The molecule has 0 saturated heterocycles. The molecule has 74 valence electrons. The first-order valence-electron chi connectivity index (χ1n) is 3.81. The van der Waals surface area contributed by atoms with Gasteiger partial charge in [0.1, 0.15) is 0 Å². The molecule has 0 aliphatic carbocycles. The molecule has 1 aromatic rings. The van der Waals surface area contributed by atoms with Crippen LogP contribution in [0.2, 0.25) is 0 Å². The van der Waals surface area contributed by atoms with E-state index >= 15 is 0 Å². The first-order valence-corrected chi connectivity index (χ1v) is 3.81. The van der Waals surface area contributed by atoms with Crippen molar-refractivity contribution in [3.63, 3.8) is 0 Å². The van der Waals surface area contributed by atoms with Gasteiger partial charge in [-0.25, -0.2) is 8.78 Å². The summed E-state index contributed by atoms with van der Waals surface area (Å²) in [4.78, 5) is 14.1. The predicted octanol–water partition coefficient (Wildman–Crippen LogP) is 1.85. The summed E-state index contributed by atoms with van der Waals surface area (Å²) in [5.41, 5.74) is -0.158. The van der Waals surface area contributed by atoms with Crippen molar-refractivity contribution in [2.24, 2.45) is 4.99 Å². The molecule has 0 aliphatic rings. The first-order chi connectivity index (χ1) is 6.70. The highest BCUT2D eigenvalue weighted by molar-refractivity contribution is 5.89. The molecular weight excluding hydrogens is 190 g/mol. The Labute approximate surface area is 79.5 Å². The minimum atomic E-state index is -1.16. The number of hydrogen-bond acceptors (Lipinski definition) is 2. The second kappa shape index (κ2) is 4.45. The van der Waals surface area contributed by atoms with E-state index in [1.54, 1.807) is 0 Å². The van der Waals surface area contributed by atoms with Crippen LogP contribution in [0.25, 0.3) is 0 Å². The summed E-state index contributed by atoms with van der Waals surface area (Å²) in [5.74, 6) is -2.21.